The first-order valence-electron chi connectivity index (χ1n) is 7.48. The molecule has 5 heteroatoms. The van der Waals surface area contributed by atoms with Crippen LogP contribution in [-0.4, -0.2) is 49.1 Å². The van der Waals surface area contributed by atoms with Gasteiger partial charge >= 0.3 is 0 Å². The Labute approximate surface area is 122 Å². The normalized spacial score (nSPS) is 23.6. The van der Waals surface area contributed by atoms with E-state index in [0.29, 0.717) is 25.5 Å². The van der Waals surface area contributed by atoms with E-state index in [-0.39, 0.29) is 29.8 Å². The van der Waals surface area contributed by atoms with E-state index < -0.39 is 0 Å². The smallest absolute Gasteiger partial charge is 0.245 e. The number of amides is 2. The Kier molecular flexibility index (Phi) is 6.46. The zero-order valence-corrected chi connectivity index (χ0v) is 13.3. The molecule has 2 unspecified atom stereocenters. The lowest BCUT2D eigenvalue weighted by molar-refractivity contribution is -0.151. The molecule has 1 aliphatic heterocycles. The minimum Gasteiger partial charge on any atom is -0.385 e. The third-order valence-corrected chi connectivity index (χ3v) is 3.59. The van der Waals surface area contributed by atoms with Gasteiger partial charge in [-0.25, -0.2) is 0 Å². The molecular formula is C15H28N2O3. The Hall–Kier alpha value is -1.10. The molecule has 1 aliphatic rings. The maximum atomic E-state index is 12.6. The summed E-state index contributed by atoms with van der Waals surface area (Å²) < 4.78 is 5.04. The number of hydrogen-bond donors (Lipinski definition) is 1. The summed E-state index contributed by atoms with van der Waals surface area (Å²) in [6, 6.07) is -0.734. The Morgan fingerprint density at radius 1 is 1.25 bits per heavy atom. The van der Waals surface area contributed by atoms with Crippen molar-refractivity contribution in [3.63, 3.8) is 0 Å². The van der Waals surface area contributed by atoms with Crippen molar-refractivity contribution in [3.05, 3.63) is 0 Å². The average Bonchev–Trinajstić information content (AvgIpc) is 2.33. The molecule has 0 radical (unpaired) electrons. The summed E-state index contributed by atoms with van der Waals surface area (Å²) in [5.41, 5.74) is 0. The summed E-state index contributed by atoms with van der Waals surface area (Å²) in [6.07, 6.45) is 1.45. The molecule has 2 amide bonds. The van der Waals surface area contributed by atoms with Gasteiger partial charge in [0.1, 0.15) is 12.1 Å². The van der Waals surface area contributed by atoms with Gasteiger partial charge < -0.3 is 15.0 Å². The van der Waals surface area contributed by atoms with Crippen molar-refractivity contribution in [2.75, 3.05) is 20.3 Å². The Balaban J connectivity index is 2.83. The second kappa shape index (κ2) is 7.62. The van der Waals surface area contributed by atoms with Crippen molar-refractivity contribution in [1.29, 1.82) is 0 Å². The number of piperazine rings is 1. The highest BCUT2D eigenvalue weighted by molar-refractivity contribution is 5.97. The van der Waals surface area contributed by atoms with Crippen LogP contribution in [0.2, 0.25) is 0 Å². The van der Waals surface area contributed by atoms with Gasteiger partial charge in [-0.1, -0.05) is 27.7 Å². The highest BCUT2D eigenvalue weighted by Crippen LogP contribution is 2.20. The maximum Gasteiger partial charge on any atom is 0.245 e. The average molecular weight is 284 g/mol. The van der Waals surface area contributed by atoms with Crippen LogP contribution in [0.4, 0.5) is 0 Å². The summed E-state index contributed by atoms with van der Waals surface area (Å²) in [4.78, 5) is 26.6. The molecule has 0 spiro atoms. The van der Waals surface area contributed by atoms with Crippen molar-refractivity contribution in [2.45, 2.75) is 52.6 Å². The first-order valence-corrected chi connectivity index (χ1v) is 7.48. The van der Waals surface area contributed by atoms with Crippen molar-refractivity contribution in [3.8, 4) is 0 Å². The van der Waals surface area contributed by atoms with E-state index in [4.69, 9.17) is 4.74 Å². The van der Waals surface area contributed by atoms with Gasteiger partial charge in [0.25, 0.3) is 0 Å². The minimum atomic E-state index is -0.375. The van der Waals surface area contributed by atoms with Crippen LogP contribution >= 0.6 is 0 Å². The maximum absolute atomic E-state index is 12.6. The predicted octanol–water partition coefficient (Wildman–Crippen LogP) is 1.42. The number of carbonyl (C=O) groups excluding carboxylic acids is 2. The number of nitrogens with one attached hydrogen (secondary N) is 1. The van der Waals surface area contributed by atoms with E-state index in [1.165, 1.54) is 0 Å². The van der Waals surface area contributed by atoms with Crippen LogP contribution in [0.5, 0.6) is 0 Å². The van der Waals surface area contributed by atoms with E-state index >= 15 is 0 Å². The first-order chi connectivity index (χ1) is 9.38. The summed E-state index contributed by atoms with van der Waals surface area (Å²) in [5.74, 6) is 0.512. The van der Waals surface area contributed by atoms with E-state index in [0.717, 1.165) is 6.42 Å². The van der Waals surface area contributed by atoms with Gasteiger partial charge in [-0.15, -0.1) is 0 Å². The lowest BCUT2D eigenvalue weighted by Gasteiger charge is -2.41. The fraction of sp³-hybridized carbons (Fsp3) is 0.867. The van der Waals surface area contributed by atoms with Gasteiger partial charge in [-0.2, -0.15) is 0 Å². The van der Waals surface area contributed by atoms with Crippen LogP contribution in [0.15, 0.2) is 0 Å². The standard InChI is InChI=1S/C15H28N2O3/c1-10(2)9-12-15(19)17(7-6-8-20-5)13(11(3)4)14(18)16-12/h10-13H,6-9H2,1-5H3,(H,16,18). The molecule has 5 nitrogen and oxygen atoms in total. The third kappa shape index (κ3) is 4.20. The third-order valence-electron chi connectivity index (χ3n) is 3.59. The van der Waals surface area contributed by atoms with Crippen LogP contribution in [0.1, 0.15) is 40.5 Å². The zero-order chi connectivity index (χ0) is 15.3. The summed E-state index contributed by atoms with van der Waals surface area (Å²) >= 11 is 0. The van der Waals surface area contributed by atoms with Crippen LogP contribution < -0.4 is 5.32 Å². The Morgan fingerprint density at radius 2 is 1.90 bits per heavy atom. The Morgan fingerprint density at radius 3 is 2.40 bits per heavy atom. The van der Waals surface area contributed by atoms with Crippen LogP contribution in [0.25, 0.3) is 0 Å². The van der Waals surface area contributed by atoms with Crippen LogP contribution in [0, 0.1) is 11.8 Å². The largest absolute Gasteiger partial charge is 0.385 e. The van der Waals surface area contributed by atoms with Crippen molar-refractivity contribution in [2.24, 2.45) is 11.8 Å². The van der Waals surface area contributed by atoms with Gasteiger partial charge in [0.05, 0.1) is 0 Å². The molecule has 0 aromatic carbocycles. The summed E-state index contributed by atoms with van der Waals surface area (Å²) in [7, 11) is 1.65. The highest BCUT2D eigenvalue weighted by Gasteiger charge is 2.41. The fourth-order valence-electron chi connectivity index (χ4n) is 2.72. The summed E-state index contributed by atoms with van der Waals surface area (Å²) in [5, 5.41) is 2.89. The predicted molar refractivity (Wildman–Crippen MR) is 78.2 cm³/mol. The molecule has 20 heavy (non-hydrogen) atoms. The molecule has 1 saturated heterocycles. The first kappa shape index (κ1) is 17.0. The second-order valence-corrected chi connectivity index (χ2v) is 6.26. The Bertz CT molecular complexity index is 342. The quantitative estimate of drug-likeness (QED) is 0.719. The van der Waals surface area contributed by atoms with E-state index in [1.54, 1.807) is 12.0 Å². The summed E-state index contributed by atoms with van der Waals surface area (Å²) in [6.45, 7) is 9.25. The molecule has 0 saturated carbocycles. The number of methoxy groups -OCH3 is 1. The molecule has 116 valence electrons. The lowest BCUT2D eigenvalue weighted by atomic mass is 9.93. The number of carbonyl (C=O) groups is 2. The number of ether oxygens (including phenoxy) is 1. The molecule has 2 atom stereocenters. The van der Waals surface area contributed by atoms with E-state index in [1.807, 2.05) is 13.8 Å². The molecule has 1 rings (SSSR count). The highest BCUT2D eigenvalue weighted by atomic mass is 16.5. The molecule has 1 N–H and O–H groups in total. The van der Waals surface area contributed by atoms with Crippen molar-refractivity contribution >= 4 is 11.8 Å². The number of hydrogen-bond acceptors (Lipinski definition) is 3. The SMILES string of the molecule is COCCCN1C(=O)C(CC(C)C)NC(=O)C1C(C)C. The molecule has 1 fully saturated rings. The van der Waals surface area contributed by atoms with Crippen molar-refractivity contribution in [1.82, 2.24) is 10.2 Å². The second-order valence-electron chi connectivity index (χ2n) is 6.26. The number of rotatable bonds is 7. The minimum absolute atomic E-state index is 0.0253. The van der Waals surface area contributed by atoms with Gasteiger partial charge in [-0.3, -0.25) is 9.59 Å². The molecule has 0 aliphatic carbocycles. The fourth-order valence-corrected chi connectivity index (χ4v) is 2.72. The molecule has 0 aromatic rings. The molecule has 0 aromatic heterocycles. The topological polar surface area (TPSA) is 58.6 Å². The van der Waals surface area contributed by atoms with Gasteiger partial charge in [0.15, 0.2) is 0 Å². The van der Waals surface area contributed by atoms with Crippen LogP contribution in [0.3, 0.4) is 0 Å². The van der Waals surface area contributed by atoms with Gasteiger partial charge in [-0.05, 0) is 24.7 Å². The lowest BCUT2D eigenvalue weighted by Crippen LogP contribution is -2.65. The van der Waals surface area contributed by atoms with E-state index in [9.17, 15) is 9.59 Å². The van der Waals surface area contributed by atoms with E-state index in [2.05, 4.69) is 19.2 Å². The zero-order valence-electron chi connectivity index (χ0n) is 13.3. The van der Waals surface area contributed by atoms with Gasteiger partial charge in [0, 0.05) is 20.3 Å². The number of nitrogens with zero attached hydrogens (tertiary/aromatic N) is 1. The van der Waals surface area contributed by atoms with Crippen LogP contribution in [-0.2, 0) is 14.3 Å². The van der Waals surface area contributed by atoms with Gasteiger partial charge in [0.2, 0.25) is 11.8 Å². The van der Waals surface area contributed by atoms with Crippen molar-refractivity contribution < 1.29 is 14.3 Å². The monoisotopic (exact) mass is 284 g/mol. The molecule has 1 heterocycles. The molecular weight excluding hydrogens is 256 g/mol. The molecule has 0 bridgehead atoms.